The van der Waals surface area contributed by atoms with E-state index < -0.39 is 10.0 Å². The molecule has 2 aromatic heterocycles. The zero-order valence-electron chi connectivity index (χ0n) is 15.5. The molecule has 9 heteroatoms. The van der Waals surface area contributed by atoms with Gasteiger partial charge in [-0.15, -0.1) is 11.3 Å². The number of nitrogens with one attached hydrogen (secondary N) is 2. The van der Waals surface area contributed by atoms with Crippen molar-refractivity contribution in [3.05, 3.63) is 28.2 Å². The normalized spacial score (nSPS) is 20.7. The Labute approximate surface area is 173 Å². The number of rotatable bonds is 7. The van der Waals surface area contributed by atoms with E-state index in [1.807, 2.05) is 23.6 Å². The summed E-state index contributed by atoms with van der Waals surface area (Å²) in [6, 6.07) is 5.86. The van der Waals surface area contributed by atoms with E-state index in [9.17, 15) is 8.42 Å². The van der Waals surface area contributed by atoms with Crippen LogP contribution in [0.5, 0.6) is 0 Å². The molecular weight excluding hydrogens is 448 g/mol. The van der Waals surface area contributed by atoms with Gasteiger partial charge in [-0.1, -0.05) is 6.07 Å². The fourth-order valence-electron chi connectivity index (χ4n) is 3.11. The predicted octanol–water partition coefficient (Wildman–Crippen LogP) is 4.27. The minimum atomic E-state index is -3.18. The van der Waals surface area contributed by atoms with Gasteiger partial charge in [0.05, 0.1) is 10.9 Å². The van der Waals surface area contributed by atoms with Crippen LogP contribution in [0.1, 0.15) is 39.5 Å². The van der Waals surface area contributed by atoms with Crippen molar-refractivity contribution in [3.8, 4) is 11.4 Å². The van der Waals surface area contributed by atoms with Crippen LogP contribution >= 0.6 is 27.3 Å². The Kier molecular flexibility index (Phi) is 6.88. The number of hydrogen-bond acceptors (Lipinski definition) is 6. The molecule has 0 radical (unpaired) electrons. The molecule has 2 aromatic rings. The molecule has 2 heterocycles. The first kappa shape index (κ1) is 20.7. The highest BCUT2D eigenvalue weighted by Crippen LogP contribution is 2.28. The van der Waals surface area contributed by atoms with E-state index in [-0.39, 0.29) is 11.3 Å². The number of thiazole rings is 1. The Morgan fingerprint density at radius 2 is 1.93 bits per heavy atom. The Hall–Kier alpha value is -1.03. The molecule has 2 N–H and O–H groups in total. The lowest BCUT2D eigenvalue weighted by molar-refractivity contribution is 0.323. The smallest absolute Gasteiger partial charge is 0.214 e. The molecule has 0 saturated heterocycles. The molecule has 0 aromatic carbocycles. The number of anilines is 1. The van der Waals surface area contributed by atoms with Gasteiger partial charge >= 0.3 is 0 Å². The molecule has 0 spiro atoms. The van der Waals surface area contributed by atoms with Crippen LogP contribution in [0.4, 0.5) is 5.13 Å². The van der Waals surface area contributed by atoms with E-state index in [0.29, 0.717) is 5.92 Å². The molecule has 3 rings (SSSR count). The van der Waals surface area contributed by atoms with Gasteiger partial charge in [-0.2, -0.15) is 0 Å². The van der Waals surface area contributed by atoms with Crippen molar-refractivity contribution >= 4 is 42.4 Å². The largest absolute Gasteiger partial charge is 0.361 e. The second-order valence-electron chi connectivity index (χ2n) is 7.19. The molecule has 0 unspecified atom stereocenters. The molecule has 1 aliphatic carbocycles. The number of aromatic nitrogens is 2. The van der Waals surface area contributed by atoms with Gasteiger partial charge in [0, 0.05) is 18.0 Å². The fraction of sp³-hybridized carbons (Fsp3) is 0.556. The van der Waals surface area contributed by atoms with Gasteiger partial charge in [0.15, 0.2) is 5.13 Å². The van der Waals surface area contributed by atoms with Crippen LogP contribution in [0.25, 0.3) is 11.4 Å². The van der Waals surface area contributed by atoms with E-state index in [0.717, 1.165) is 53.4 Å². The Morgan fingerprint density at radius 1 is 1.19 bits per heavy atom. The first-order valence-corrected chi connectivity index (χ1v) is 12.4. The van der Waals surface area contributed by atoms with Crippen LogP contribution in [0.2, 0.25) is 0 Å². The molecule has 1 fully saturated rings. The van der Waals surface area contributed by atoms with E-state index in [1.165, 1.54) is 0 Å². The summed E-state index contributed by atoms with van der Waals surface area (Å²) in [4.78, 5) is 9.05. The minimum Gasteiger partial charge on any atom is -0.361 e. The number of hydrogen-bond donors (Lipinski definition) is 2. The number of nitrogens with zero attached hydrogens (tertiary/aromatic N) is 2. The summed E-state index contributed by atoms with van der Waals surface area (Å²) < 4.78 is 27.6. The van der Waals surface area contributed by atoms with Crippen molar-refractivity contribution in [2.75, 3.05) is 11.9 Å². The second kappa shape index (κ2) is 8.98. The minimum absolute atomic E-state index is 0.0720. The molecule has 148 valence electrons. The average molecular weight is 473 g/mol. The first-order valence-electron chi connectivity index (χ1n) is 9.17. The Bertz CT molecular complexity index is 862. The summed E-state index contributed by atoms with van der Waals surface area (Å²) >= 11 is 4.97. The van der Waals surface area contributed by atoms with Crippen molar-refractivity contribution in [2.24, 2.45) is 5.92 Å². The summed E-state index contributed by atoms with van der Waals surface area (Å²) in [6.07, 6.45) is 3.82. The molecular formula is C18H25BrN4O2S2. The van der Waals surface area contributed by atoms with Gasteiger partial charge < -0.3 is 5.32 Å². The van der Waals surface area contributed by atoms with Crippen LogP contribution in [0.3, 0.4) is 0 Å². The molecule has 0 aliphatic heterocycles. The molecule has 6 nitrogen and oxygen atoms in total. The van der Waals surface area contributed by atoms with Crippen LogP contribution < -0.4 is 10.0 Å². The molecule has 1 saturated carbocycles. The quantitative estimate of drug-likeness (QED) is 0.587. The standard InChI is InChI=1S/C18H25BrN4O2S2/c1-12(2)27(24,25)23-14-8-6-13(7-9-14)10-20-18-22-16(11-26-18)15-4-3-5-17(19)21-15/h3-5,11-14,23H,6-10H2,1-2H3,(H,20,22)/t13-,14-. The number of sulfonamides is 1. The van der Waals surface area contributed by atoms with Crippen LogP contribution in [0, 0.1) is 5.92 Å². The maximum absolute atomic E-state index is 12.0. The maximum Gasteiger partial charge on any atom is 0.214 e. The van der Waals surface area contributed by atoms with E-state index in [2.05, 4.69) is 35.9 Å². The number of halogens is 1. The maximum atomic E-state index is 12.0. The average Bonchev–Trinajstić information content (AvgIpc) is 3.10. The van der Waals surface area contributed by atoms with E-state index in [1.54, 1.807) is 25.2 Å². The molecule has 0 bridgehead atoms. The Morgan fingerprint density at radius 3 is 2.59 bits per heavy atom. The van der Waals surface area contributed by atoms with Crippen molar-refractivity contribution in [1.82, 2.24) is 14.7 Å². The molecule has 1 aliphatic rings. The van der Waals surface area contributed by atoms with E-state index >= 15 is 0 Å². The SMILES string of the molecule is CC(C)S(=O)(=O)N[C@H]1CC[C@H](CNc2nc(-c3cccc(Br)n3)cs2)CC1. The molecule has 0 atom stereocenters. The first-order chi connectivity index (χ1) is 12.8. The van der Waals surface area contributed by atoms with Gasteiger partial charge in [-0.05, 0) is 73.5 Å². The zero-order chi connectivity index (χ0) is 19.4. The van der Waals surface area contributed by atoms with Crippen molar-refractivity contribution in [2.45, 2.75) is 50.8 Å². The third kappa shape index (κ3) is 5.73. The highest BCUT2D eigenvalue weighted by atomic mass is 79.9. The van der Waals surface area contributed by atoms with Crippen LogP contribution in [0.15, 0.2) is 28.2 Å². The van der Waals surface area contributed by atoms with Gasteiger partial charge in [-0.3, -0.25) is 0 Å². The van der Waals surface area contributed by atoms with Crippen LogP contribution in [-0.4, -0.2) is 36.2 Å². The second-order valence-corrected chi connectivity index (χ2v) is 11.1. The lowest BCUT2D eigenvalue weighted by Gasteiger charge is -2.29. The Balaban J connectivity index is 1.47. The molecule has 27 heavy (non-hydrogen) atoms. The zero-order valence-corrected chi connectivity index (χ0v) is 18.7. The third-order valence-electron chi connectivity index (χ3n) is 4.82. The summed E-state index contributed by atoms with van der Waals surface area (Å²) in [6.45, 7) is 4.29. The summed E-state index contributed by atoms with van der Waals surface area (Å²) in [5, 5.41) is 5.96. The van der Waals surface area contributed by atoms with Crippen molar-refractivity contribution in [1.29, 1.82) is 0 Å². The van der Waals surface area contributed by atoms with Gasteiger partial charge in [0.1, 0.15) is 10.3 Å². The van der Waals surface area contributed by atoms with Crippen LogP contribution in [-0.2, 0) is 10.0 Å². The highest BCUT2D eigenvalue weighted by Gasteiger charge is 2.26. The van der Waals surface area contributed by atoms with Gasteiger partial charge in [-0.25, -0.2) is 23.1 Å². The fourth-order valence-corrected chi connectivity index (χ4v) is 5.14. The lowest BCUT2D eigenvalue weighted by atomic mass is 9.86. The van der Waals surface area contributed by atoms with Crippen molar-refractivity contribution < 1.29 is 8.42 Å². The topological polar surface area (TPSA) is 84.0 Å². The molecule has 0 amide bonds. The monoisotopic (exact) mass is 472 g/mol. The number of pyridine rings is 1. The third-order valence-corrected chi connectivity index (χ3v) is 7.97. The van der Waals surface area contributed by atoms with Crippen molar-refractivity contribution in [3.63, 3.8) is 0 Å². The highest BCUT2D eigenvalue weighted by molar-refractivity contribution is 9.10. The summed E-state index contributed by atoms with van der Waals surface area (Å²) in [5.41, 5.74) is 1.72. The van der Waals surface area contributed by atoms with Gasteiger partial charge in [0.2, 0.25) is 10.0 Å². The predicted molar refractivity (Wildman–Crippen MR) is 114 cm³/mol. The van der Waals surface area contributed by atoms with E-state index in [4.69, 9.17) is 0 Å². The lowest BCUT2D eigenvalue weighted by Crippen LogP contribution is -2.41. The summed E-state index contributed by atoms with van der Waals surface area (Å²) in [5.74, 6) is 0.543. The summed E-state index contributed by atoms with van der Waals surface area (Å²) in [7, 11) is -3.18. The van der Waals surface area contributed by atoms with Gasteiger partial charge in [0.25, 0.3) is 0 Å².